The normalized spacial score (nSPS) is 32.2. The lowest BCUT2D eigenvalue weighted by atomic mass is 10.1. The number of rotatable bonds is 3. The number of nitrogens with one attached hydrogen (secondary N) is 1. The molecule has 0 spiro atoms. The van der Waals surface area contributed by atoms with E-state index in [0.717, 1.165) is 12.8 Å². The van der Waals surface area contributed by atoms with Gasteiger partial charge in [-0.15, -0.1) is 6.58 Å². The molecule has 2 N–H and O–H groups in total. The summed E-state index contributed by atoms with van der Waals surface area (Å²) in [5.41, 5.74) is 0. The van der Waals surface area contributed by atoms with Crippen molar-refractivity contribution in [1.82, 2.24) is 5.32 Å². The summed E-state index contributed by atoms with van der Waals surface area (Å²) in [6, 6.07) is 0.577. The lowest BCUT2D eigenvalue weighted by Crippen LogP contribution is -2.43. The minimum absolute atomic E-state index is 0.162. The van der Waals surface area contributed by atoms with Crippen LogP contribution >= 0.6 is 0 Å². The molecule has 0 heterocycles. The van der Waals surface area contributed by atoms with Crippen molar-refractivity contribution in [2.45, 2.75) is 57.2 Å². The third-order valence-corrected chi connectivity index (χ3v) is 2.81. The second-order valence-corrected chi connectivity index (χ2v) is 4.00. The van der Waals surface area contributed by atoms with Crippen LogP contribution in [0.15, 0.2) is 12.7 Å². The molecule has 0 amide bonds. The molecule has 2 heteroatoms. The third-order valence-electron chi connectivity index (χ3n) is 2.81. The molecule has 2 nitrogen and oxygen atoms in total. The number of aliphatic hydroxyl groups is 1. The highest BCUT2D eigenvalue weighted by atomic mass is 16.3. The first kappa shape index (κ1) is 10.7. The van der Waals surface area contributed by atoms with Crippen LogP contribution in [0.2, 0.25) is 0 Å². The minimum Gasteiger partial charge on any atom is -0.392 e. The van der Waals surface area contributed by atoms with Crippen molar-refractivity contribution >= 4 is 0 Å². The van der Waals surface area contributed by atoms with Crippen LogP contribution in [0.1, 0.15) is 39.0 Å². The zero-order chi connectivity index (χ0) is 9.68. The Bertz CT molecular complexity index is 158. The van der Waals surface area contributed by atoms with Crippen molar-refractivity contribution in [3.8, 4) is 0 Å². The van der Waals surface area contributed by atoms with E-state index in [2.05, 4.69) is 18.8 Å². The zero-order valence-corrected chi connectivity index (χ0v) is 8.50. The van der Waals surface area contributed by atoms with Gasteiger partial charge in [0.25, 0.3) is 0 Å². The van der Waals surface area contributed by atoms with Gasteiger partial charge in [0, 0.05) is 12.1 Å². The fourth-order valence-corrected chi connectivity index (χ4v) is 1.89. The molecule has 1 aliphatic carbocycles. The van der Waals surface area contributed by atoms with E-state index in [4.69, 9.17) is 0 Å². The highest BCUT2D eigenvalue weighted by Gasteiger charge is 2.21. The summed E-state index contributed by atoms with van der Waals surface area (Å²) in [7, 11) is 0. The molecule has 1 rings (SSSR count). The van der Waals surface area contributed by atoms with Crippen molar-refractivity contribution in [3.05, 3.63) is 12.7 Å². The molecule has 0 aromatic rings. The van der Waals surface area contributed by atoms with Gasteiger partial charge in [0.15, 0.2) is 0 Å². The summed E-state index contributed by atoms with van der Waals surface area (Å²) >= 11 is 0. The van der Waals surface area contributed by atoms with Crippen LogP contribution in [0.4, 0.5) is 0 Å². The highest BCUT2D eigenvalue weighted by Crippen LogP contribution is 2.18. The van der Waals surface area contributed by atoms with E-state index in [0.29, 0.717) is 6.04 Å². The summed E-state index contributed by atoms with van der Waals surface area (Å²) in [6.45, 7) is 5.80. The summed E-state index contributed by atoms with van der Waals surface area (Å²) in [5, 5.41) is 13.2. The van der Waals surface area contributed by atoms with Gasteiger partial charge >= 0.3 is 0 Å². The maximum Gasteiger partial charge on any atom is 0.0693 e. The third kappa shape index (κ3) is 3.49. The molecule has 1 aliphatic rings. The Morgan fingerprint density at radius 2 is 2.08 bits per heavy atom. The molecule has 0 aromatic heterocycles. The smallest absolute Gasteiger partial charge is 0.0693 e. The molecule has 0 aliphatic heterocycles. The van der Waals surface area contributed by atoms with Gasteiger partial charge in [0.1, 0.15) is 0 Å². The topological polar surface area (TPSA) is 32.3 Å². The Morgan fingerprint density at radius 1 is 1.38 bits per heavy atom. The zero-order valence-electron chi connectivity index (χ0n) is 8.50. The molecule has 0 aromatic carbocycles. The average molecular weight is 183 g/mol. The molecular formula is C11H21NO. The van der Waals surface area contributed by atoms with Crippen LogP contribution in [0.3, 0.4) is 0 Å². The van der Waals surface area contributed by atoms with Crippen molar-refractivity contribution < 1.29 is 5.11 Å². The number of aliphatic hydroxyl groups excluding tert-OH is 1. The van der Waals surface area contributed by atoms with E-state index in [-0.39, 0.29) is 12.1 Å². The molecule has 13 heavy (non-hydrogen) atoms. The predicted octanol–water partition coefficient (Wildman–Crippen LogP) is 1.84. The Kier molecular flexibility index (Phi) is 4.46. The molecule has 1 fully saturated rings. The predicted molar refractivity (Wildman–Crippen MR) is 55.7 cm³/mol. The number of hydrogen-bond acceptors (Lipinski definition) is 2. The summed E-state index contributed by atoms with van der Waals surface area (Å²) in [5.74, 6) is 0. The quantitative estimate of drug-likeness (QED) is 0.517. The van der Waals surface area contributed by atoms with E-state index in [1.54, 1.807) is 0 Å². The maximum atomic E-state index is 9.80. The van der Waals surface area contributed by atoms with Gasteiger partial charge in [-0.1, -0.05) is 25.3 Å². The van der Waals surface area contributed by atoms with Crippen LogP contribution in [0.5, 0.6) is 0 Å². The second-order valence-electron chi connectivity index (χ2n) is 4.00. The van der Waals surface area contributed by atoms with Gasteiger partial charge in [0.05, 0.1) is 6.10 Å². The molecule has 3 atom stereocenters. The first-order valence-electron chi connectivity index (χ1n) is 5.30. The summed E-state index contributed by atoms with van der Waals surface area (Å²) in [6.07, 6.45) is 7.43. The van der Waals surface area contributed by atoms with Crippen LogP contribution in [-0.2, 0) is 0 Å². The first-order chi connectivity index (χ1) is 6.24. The highest BCUT2D eigenvalue weighted by molar-refractivity contribution is 4.88. The summed E-state index contributed by atoms with van der Waals surface area (Å²) in [4.78, 5) is 0. The molecule has 0 saturated heterocycles. The van der Waals surface area contributed by atoms with Gasteiger partial charge in [-0.25, -0.2) is 0 Å². The molecule has 0 radical (unpaired) electrons. The van der Waals surface area contributed by atoms with Gasteiger partial charge in [-0.2, -0.15) is 0 Å². The van der Waals surface area contributed by atoms with E-state index in [1.165, 1.54) is 19.3 Å². The lowest BCUT2D eigenvalue weighted by molar-refractivity contribution is 0.117. The second kappa shape index (κ2) is 5.40. The van der Waals surface area contributed by atoms with E-state index >= 15 is 0 Å². The largest absolute Gasteiger partial charge is 0.392 e. The van der Waals surface area contributed by atoms with Crippen molar-refractivity contribution in [1.29, 1.82) is 0 Å². The monoisotopic (exact) mass is 183 g/mol. The van der Waals surface area contributed by atoms with E-state index < -0.39 is 0 Å². The van der Waals surface area contributed by atoms with E-state index in [1.807, 2.05) is 6.08 Å². The molecular weight excluding hydrogens is 162 g/mol. The van der Waals surface area contributed by atoms with Crippen molar-refractivity contribution in [2.75, 3.05) is 0 Å². The van der Waals surface area contributed by atoms with Crippen molar-refractivity contribution in [3.63, 3.8) is 0 Å². The van der Waals surface area contributed by atoms with Gasteiger partial charge in [-0.3, -0.25) is 0 Å². The Morgan fingerprint density at radius 3 is 2.77 bits per heavy atom. The fourth-order valence-electron chi connectivity index (χ4n) is 1.89. The fraction of sp³-hybridized carbons (Fsp3) is 0.818. The van der Waals surface area contributed by atoms with Crippen molar-refractivity contribution in [2.24, 2.45) is 0 Å². The SMILES string of the molecule is C=CC(C)NC1CCCCCC1O. The van der Waals surface area contributed by atoms with Crippen LogP contribution < -0.4 is 5.32 Å². The van der Waals surface area contributed by atoms with Crippen LogP contribution in [-0.4, -0.2) is 23.3 Å². The van der Waals surface area contributed by atoms with Gasteiger partial charge in [-0.05, 0) is 19.8 Å². The molecule has 1 saturated carbocycles. The Labute approximate surface area is 81.0 Å². The molecule has 76 valence electrons. The van der Waals surface area contributed by atoms with Crippen LogP contribution in [0.25, 0.3) is 0 Å². The minimum atomic E-state index is -0.162. The molecule has 0 bridgehead atoms. The van der Waals surface area contributed by atoms with Crippen LogP contribution in [0, 0.1) is 0 Å². The standard InChI is InChI=1S/C11H21NO/c1-3-9(2)12-10-7-5-4-6-8-11(10)13/h3,9-13H,1,4-8H2,2H3. The van der Waals surface area contributed by atoms with E-state index in [9.17, 15) is 5.11 Å². The lowest BCUT2D eigenvalue weighted by Gasteiger charge is -2.24. The first-order valence-corrected chi connectivity index (χ1v) is 5.30. The van der Waals surface area contributed by atoms with Gasteiger partial charge < -0.3 is 10.4 Å². The Balaban J connectivity index is 2.40. The maximum absolute atomic E-state index is 9.80. The Hall–Kier alpha value is -0.340. The average Bonchev–Trinajstić information content (AvgIpc) is 2.32. The number of hydrogen-bond donors (Lipinski definition) is 2. The molecule has 3 unspecified atom stereocenters. The van der Waals surface area contributed by atoms with Gasteiger partial charge in [0.2, 0.25) is 0 Å². The summed E-state index contributed by atoms with van der Waals surface area (Å²) < 4.78 is 0.